The van der Waals surface area contributed by atoms with Gasteiger partial charge in [-0.1, -0.05) is 84.9 Å². The van der Waals surface area contributed by atoms with Crippen molar-refractivity contribution in [3.8, 4) is 0 Å². The molecule has 4 atom stereocenters. The monoisotopic (exact) mass is 794 g/mol. The molecule has 3 N–H and O–H groups in total. The molecular weight excluding hydrogens is 749 g/mol. The number of alkyl carbamates (subject to hydrolysis) is 1. The summed E-state index contributed by atoms with van der Waals surface area (Å²) in [6, 6.07) is 28.8. The molecule has 14 heteroatoms. The van der Waals surface area contributed by atoms with Crippen molar-refractivity contribution in [2.45, 2.75) is 56.3 Å². The molecule has 4 aromatic carbocycles. The fourth-order valence-corrected chi connectivity index (χ4v) is 8.11. The number of aromatic nitrogens is 4. The fraction of sp³-hybridized carbons (Fsp3) is 0.289. The second-order valence-corrected chi connectivity index (χ2v) is 14.7. The van der Waals surface area contributed by atoms with Crippen LogP contribution in [0.15, 0.2) is 108 Å². The van der Waals surface area contributed by atoms with Crippen LogP contribution in [0.25, 0.3) is 28.1 Å². The maximum atomic E-state index is 13.9. The van der Waals surface area contributed by atoms with Crippen LogP contribution in [0.1, 0.15) is 83.8 Å². The second kappa shape index (κ2) is 17.8. The Bertz CT molecular complexity index is 2480. The third-order valence-corrected chi connectivity index (χ3v) is 11.0. The van der Waals surface area contributed by atoms with E-state index in [9.17, 15) is 14.4 Å². The summed E-state index contributed by atoms with van der Waals surface area (Å²) in [5.41, 5.74) is 7.02. The number of H-pyrrole nitrogens is 2. The number of likely N-dealkylation sites (tertiary alicyclic amines) is 2. The highest BCUT2D eigenvalue weighted by atomic mass is 17.2. The third-order valence-electron chi connectivity index (χ3n) is 11.0. The smallest absolute Gasteiger partial charge is 0.407 e. The minimum atomic E-state index is -0.879. The molecule has 14 nitrogen and oxygen atoms in total. The molecule has 2 fully saturated rings. The van der Waals surface area contributed by atoms with Crippen LogP contribution in [0.4, 0.5) is 4.79 Å². The lowest BCUT2D eigenvalue weighted by molar-refractivity contribution is -0.188. The van der Waals surface area contributed by atoms with Gasteiger partial charge >= 0.3 is 6.09 Å². The zero-order valence-corrected chi connectivity index (χ0v) is 32.9. The molecule has 0 bridgehead atoms. The van der Waals surface area contributed by atoms with Crippen molar-refractivity contribution in [2.75, 3.05) is 27.3 Å². The summed E-state index contributed by atoms with van der Waals surface area (Å²) in [5, 5.41) is 2.72. The Kier molecular flexibility index (Phi) is 11.8. The molecule has 2 aliphatic rings. The Morgan fingerprint density at radius 3 is 2.15 bits per heavy atom. The van der Waals surface area contributed by atoms with Crippen LogP contribution in [-0.2, 0) is 30.5 Å². The maximum Gasteiger partial charge on any atom is 0.407 e. The number of fused-ring (bicyclic) bond motifs is 2. The minimum Gasteiger partial charge on any atom is -0.453 e. The van der Waals surface area contributed by atoms with Gasteiger partial charge in [-0.15, -0.1) is 0 Å². The van der Waals surface area contributed by atoms with Gasteiger partial charge in [0.25, 0.3) is 11.8 Å². The Labute approximate surface area is 341 Å². The van der Waals surface area contributed by atoms with Gasteiger partial charge in [-0.25, -0.2) is 19.8 Å². The van der Waals surface area contributed by atoms with E-state index in [1.807, 2.05) is 83.8 Å². The normalized spacial score (nSPS) is 17.9. The molecule has 1 unspecified atom stereocenters. The number of allylic oxidation sites excluding steroid dienone is 1. The van der Waals surface area contributed by atoms with Crippen molar-refractivity contribution in [3.05, 3.63) is 137 Å². The van der Waals surface area contributed by atoms with E-state index < -0.39 is 18.2 Å². The molecule has 2 aliphatic heterocycles. The van der Waals surface area contributed by atoms with Crippen molar-refractivity contribution in [2.24, 2.45) is 4.99 Å². The van der Waals surface area contributed by atoms with E-state index in [-0.39, 0.29) is 23.9 Å². The molecule has 8 rings (SSSR count). The van der Waals surface area contributed by atoms with E-state index >= 15 is 0 Å². The maximum absolute atomic E-state index is 13.9. The predicted molar refractivity (Wildman–Crippen MR) is 223 cm³/mol. The highest BCUT2D eigenvalue weighted by Gasteiger charge is 2.38. The number of hydrogen-bond acceptors (Lipinski definition) is 9. The van der Waals surface area contributed by atoms with Crippen LogP contribution in [0, 0.1) is 0 Å². The van der Waals surface area contributed by atoms with Gasteiger partial charge < -0.3 is 34.7 Å². The van der Waals surface area contributed by atoms with Crippen LogP contribution in [0.5, 0.6) is 0 Å². The van der Waals surface area contributed by atoms with Gasteiger partial charge in [-0.05, 0) is 78.6 Å². The third kappa shape index (κ3) is 8.58. The molecule has 302 valence electrons. The first-order valence-corrected chi connectivity index (χ1v) is 19.8. The first-order valence-electron chi connectivity index (χ1n) is 19.8. The average Bonchev–Trinajstić information content (AvgIpc) is 4.10. The molecule has 2 aromatic heterocycles. The Morgan fingerprint density at radius 2 is 1.46 bits per heavy atom. The quantitative estimate of drug-likeness (QED) is 0.0469. The van der Waals surface area contributed by atoms with Gasteiger partial charge in [0.2, 0.25) is 6.40 Å². The largest absolute Gasteiger partial charge is 0.453 e. The number of imidazole rings is 2. The van der Waals surface area contributed by atoms with E-state index in [0.29, 0.717) is 25.1 Å². The lowest BCUT2D eigenvalue weighted by Gasteiger charge is -2.28. The van der Waals surface area contributed by atoms with E-state index in [4.69, 9.17) is 19.6 Å². The number of methoxy groups -OCH3 is 1. The van der Waals surface area contributed by atoms with Gasteiger partial charge in [0.1, 0.15) is 17.7 Å². The molecule has 6 aromatic rings. The number of rotatable bonds is 13. The molecular formula is C45H46N8O6. The summed E-state index contributed by atoms with van der Waals surface area (Å²) in [7, 11) is 2.67. The molecule has 0 saturated carbocycles. The molecule has 0 radical (unpaired) electrons. The minimum absolute atomic E-state index is 0.122. The number of carbonyl (C=O) groups is 3. The van der Waals surface area contributed by atoms with Crippen LogP contribution in [-0.4, -0.2) is 81.4 Å². The topological polar surface area (TPSA) is 167 Å². The van der Waals surface area contributed by atoms with Crippen LogP contribution < -0.4 is 5.32 Å². The molecule has 4 heterocycles. The summed E-state index contributed by atoms with van der Waals surface area (Å²) in [4.78, 5) is 74.5. The van der Waals surface area contributed by atoms with Crippen molar-refractivity contribution in [3.63, 3.8) is 0 Å². The first-order chi connectivity index (χ1) is 28.9. The number of aliphatic imine (C=N–C) groups is 1. The molecule has 2 saturated heterocycles. The van der Waals surface area contributed by atoms with Crippen molar-refractivity contribution < 1.29 is 28.9 Å². The van der Waals surface area contributed by atoms with Gasteiger partial charge in [0, 0.05) is 13.1 Å². The Balaban J connectivity index is 0.940. The fourth-order valence-electron chi connectivity index (χ4n) is 8.11. The SMILES string of the molecule is COO/C=N\C(C(=O)N1CCC[C@H]1c1nc2cc(CC=Cc3ccc4nc([C@@H]5CCCN5C(=O)[C@H](NC(=O)OC)c5ccccc5)[nH]c4c3)ccc2[nH]1)c1ccccc1. The Morgan fingerprint density at radius 1 is 0.797 bits per heavy atom. The van der Waals surface area contributed by atoms with E-state index in [0.717, 1.165) is 82.5 Å². The van der Waals surface area contributed by atoms with Crippen LogP contribution in [0.2, 0.25) is 0 Å². The molecule has 3 amide bonds. The number of nitrogens with one attached hydrogen (secondary N) is 3. The van der Waals surface area contributed by atoms with Crippen LogP contribution >= 0.6 is 0 Å². The Hall–Kier alpha value is -6.80. The van der Waals surface area contributed by atoms with Gasteiger partial charge in [0.15, 0.2) is 6.04 Å². The highest BCUT2D eigenvalue weighted by molar-refractivity contribution is 5.88. The van der Waals surface area contributed by atoms with Crippen molar-refractivity contribution >= 4 is 52.5 Å². The zero-order valence-electron chi connectivity index (χ0n) is 32.9. The summed E-state index contributed by atoms with van der Waals surface area (Å²) < 4.78 is 4.84. The van der Waals surface area contributed by atoms with Crippen molar-refractivity contribution in [1.82, 2.24) is 35.1 Å². The standard InChI is InChI=1S/C45H46N8O6/c1-57-45(56)51-40(32-16-7-4-8-17-32)44(55)53-25-11-19-38(53)42-48-34-23-21-30(27-36(34)50-42)13-9-12-29-20-22-33-35(26-29)49-41(47-33)37-18-10-24-52(37)43(54)39(46-28-59-58-2)31-14-5-3-6-15-31/h3-9,13-17,20-23,26-28,37-40H,10-12,18-19,24-25H2,1-2H3,(H,47,49)(H,48,50)(H,51,56)/b13-9?,46-28-/t37-,38-,39?,40+/m0/s1. The lowest BCUT2D eigenvalue weighted by Crippen LogP contribution is -2.42. The summed E-state index contributed by atoms with van der Waals surface area (Å²) in [5.74, 6) is 1.15. The molecule has 0 aliphatic carbocycles. The number of ether oxygens (including phenoxy) is 1. The van der Waals surface area contributed by atoms with E-state index in [1.165, 1.54) is 14.2 Å². The number of amides is 3. The van der Waals surface area contributed by atoms with E-state index in [1.54, 1.807) is 4.90 Å². The molecule has 0 spiro atoms. The number of nitrogens with zero attached hydrogens (tertiary/aromatic N) is 5. The van der Waals surface area contributed by atoms with E-state index in [2.05, 4.69) is 55.5 Å². The van der Waals surface area contributed by atoms with Crippen molar-refractivity contribution in [1.29, 1.82) is 0 Å². The number of carbonyl (C=O) groups excluding carboxylic acids is 3. The van der Waals surface area contributed by atoms with Gasteiger partial charge in [0.05, 0.1) is 48.4 Å². The average molecular weight is 795 g/mol. The lowest BCUT2D eigenvalue weighted by atomic mass is 10.1. The number of benzene rings is 4. The van der Waals surface area contributed by atoms with Crippen LogP contribution in [0.3, 0.4) is 0 Å². The first kappa shape index (κ1) is 39.0. The highest BCUT2D eigenvalue weighted by Crippen LogP contribution is 2.36. The predicted octanol–water partition coefficient (Wildman–Crippen LogP) is 7.47. The zero-order chi connectivity index (χ0) is 40.7. The van der Waals surface area contributed by atoms with Gasteiger partial charge in [-0.2, -0.15) is 4.89 Å². The molecule has 59 heavy (non-hydrogen) atoms. The van der Waals surface area contributed by atoms with Gasteiger partial charge in [-0.3, -0.25) is 9.59 Å². The number of aromatic amines is 2. The second-order valence-electron chi connectivity index (χ2n) is 14.7. The summed E-state index contributed by atoms with van der Waals surface area (Å²) >= 11 is 0. The summed E-state index contributed by atoms with van der Waals surface area (Å²) in [6.45, 7) is 1.16. The summed E-state index contributed by atoms with van der Waals surface area (Å²) in [6.07, 6.45) is 8.63. The number of hydrogen-bond donors (Lipinski definition) is 3.